The topological polar surface area (TPSA) is 35.2 Å². The molecule has 2 N–H and O–H groups in total. The van der Waals surface area contributed by atoms with Crippen LogP contribution in [-0.4, -0.2) is 7.11 Å². The summed E-state index contributed by atoms with van der Waals surface area (Å²) in [6, 6.07) is 3.03. The molecule has 0 aromatic heterocycles. The Morgan fingerprint density at radius 3 is 2.75 bits per heavy atom. The first kappa shape index (κ1) is 9.00. The number of rotatable bonds is 2. The third-order valence-corrected chi connectivity index (χ3v) is 1.76. The van der Waals surface area contributed by atoms with Crippen LogP contribution in [0.1, 0.15) is 11.1 Å². The molecule has 0 saturated carbocycles. The van der Waals surface area contributed by atoms with Gasteiger partial charge in [-0.25, -0.2) is 4.39 Å². The molecule has 0 aliphatic heterocycles. The van der Waals surface area contributed by atoms with E-state index in [-0.39, 0.29) is 11.5 Å². The summed E-state index contributed by atoms with van der Waals surface area (Å²) < 4.78 is 17.8. The summed E-state index contributed by atoms with van der Waals surface area (Å²) in [5, 5.41) is 0. The lowest BCUT2D eigenvalue weighted by molar-refractivity contribution is 0.184. The number of methoxy groups -OCH3 is 1. The molecule has 0 aliphatic carbocycles. The number of anilines is 1. The Hall–Kier alpha value is -1.09. The van der Waals surface area contributed by atoms with Crippen LogP contribution in [0.15, 0.2) is 12.1 Å². The minimum Gasteiger partial charge on any atom is -0.396 e. The summed E-state index contributed by atoms with van der Waals surface area (Å²) in [6.07, 6.45) is 0. The van der Waals surface area contributed by atoms with Gasteiger partial charge in [-0.05, 0) is 30.2 Å². The molecule has 1 aromatic carbocycles. The second-order valence-electron chi connectivity index (χ2n) is 2.73. The van der Waals surface area contributed by atoms with Crippen molar-refractivity contribution in [1.82, 2.24) is 0 Å². The van der Waals surface area contributed by atoms with E-state index in [0.717, 1.165) is 11.1 Å². The molecule has 0 unspecified atom stereocenters. The normalized spacial score (nSPS) is 10.2. The Kier molecular flexibility index (Phi) is 2.65. The van der Waals surface area contributed by atoms with E-state index in [9.17, 15) is 4.39 Å². The van der Waals surface area contributed by atoms with Gasteiger partial charge in [-0.15, -0.1) is 0 Å². The van der Waals surface area contributed by atoms with Crippen molar-refractivity contribution in [3.8, 4) is 0 Å². The highest BCUT2D eigenvalue weighted by Crippen LogP contribution is 2.17. The van der Waals surface area contributed by atoms with Gasteiger partial charge in [0.05, 0.1) is 12.3 Å². The summed E-state index contributed by atoms with van der Waals surface area (Å²) in [4.78, 5) is 0. The Morgan fingerprint density at radius 1 is 1.50 bits per heavy atom. The van der Waals surface area contributed by atoms with Gasteiger partial charge in [0.2, 0.25) is 0 Å². The van der Waals surface area contributed by atoms with Gasteiger partial charge in [-0.3, -0.25) is 0 Å². The minimum atomic E-state index is -0.368. The van der Waals surface area contributed by atoms with E-state index in [1.54, 1.807) is 13.2 Å². The predicted molar refractivity (Wildman–Crippen MR) is 46.3 cm³/mol. The van der Waals surface area contributed by atoms with Crippen LogP contribution in [-0.2, 0) is 11.3 Å². The van der Waals surface area contributed by atoms with E-state index in [0.29, 0.717) is 6.61 Å². The Balaban J connectivity index is 3.05. The van der Waals surface area contributed by atoms with Crippen LogP contribution in [0.5, 0.6) is 0 Å². The second-order valence-corrected chi connectivity index (χ2v) is 2.73. The SMILES string of the molecule is COCc1cc(N)c(F)cc1C. The van der Waals surface area contributed by atoms with Gasteiger partial charge in [-0.1, -0.05) is 0 Å². The lowest BCUT2D eigenvalue weighted by atomic mass is 10.1. The number of aryl methyl sites for hydroxylation is 1. The van der Waals surface area contributed by atoms with Crippen molar-refractivity contribution in [2.24, 2.45) is 0 Å². The quantitative estimate of drug-likeness (QED) is 0.686. The van der Waals surface area contributed by atoms with Crippen LogP contribution in [0.25, 0.3) is 0 Å². The average molecular weight is 169 g/mol. The first-order valence-corrected chi connectivity index (χ1v) is 3.68. The maximum absolute atomic E-state index is 12.8. The number of hydrogen-bond acceptors (Lipinski definition) is 2. The molecule has 0 atom stereocenters. The van der Waals surface area contributed by atoms with Crippen molar-refractivity contribution in [3.63, 3.8) is 0 Å². The smallest absolute Gasteiger partial charge is 0.146 e. The van der Waals surface area contributed by atoms with Gasteiger partial charge < -0.3 is 10.5 Å². The molecule has 0 aliphatic rings. The molecule has 66 valence electrons. The van der Waals surface area contributed by atoms with E-state index in [1.807, 2.05) is 6.92 Å². The Bertz CT molecular complexity index is 286. The molecule has 0 radical (unpaired) electrons. The first-order valence-electron chi connectivity index (χ1n) is 3.68. The predicted octanol–water partition coefficient (Wildman–Crippen LogP) is 1.86. The van der Waals surface area contributed by atoms with Crippen molar-refractivity contribution in [3.05, 3.63) is 29.1 Å². The van der Waals surface area contributed by atoms with Crippen molar-refractivity contribution in [2.75, 3.05) is 12.8 Å². The lowest BCUT2D eigenvalue weighted by Gasteiger charge is -2.06. The zero-order valence-electron chi connectivity index (χ0n) is 7.23. The molecule has 3 heteroatoms. The average Bonchev–Trinajstić information content (AvgIpc) is 2.01. The van der Waals surface area contributed by atoms with E-state index in [1.165, 1.54) is 6.07 Å². The zero-order chi connectivity index (χ0) is 9.14. The molecule has 0 amide bonds. The largest absolute Gasteiger partial charge is 0.396 e. The highest BCUT2D eigenvalue weighted by molar-refractivity contribution is 5.45. The molecular weight excluding hydrogens is 157 g/mol. The van der Waals surface area contributed by atoms with Crippen LogP contribution < -0.4 is 5.73 Å². The number of nitrogen functional groups attached to an aromatic ring is 1. The van der Waals surface area contributed by atoms with Gasteiger partial charge in [-0.2, -0.15) is 0 Å². The molecule has 0 spiro atoms. The van der Waals surface area contributed by atoms with Crippen LogP contribution >= 0.6 is 0 Å². The maximum atomic E-state index is 12.8. The summed E-state index contributed by atoms with van der Waals surface area (Å²) in [6.45, 7) is 2.30. The second kappa shape index (κ2) is 3.54. The number of hydrogen-bond donors (Lipinski definition) is 1. The lowest BCUT2D eigenvalue weighted by Crippen LogP contribution is -1.97. The van der Waals surface area contributed by atoms with Crippen LogP contribution in [0, 0.1) is 12.7 Å². The van der Waals surface area contributed by atoms with E-state index >= 15 is 0 Å². The maximum Gasteiger partial charge on any atom is 0.146 e. The third-order valence-electron chi connectivity index (χ3n) is 1.76. The van der Waals surface area contributed by atoms with Crippen LogP contribution in [0.2, 0.25) is 0 Å². The van der Waals surface area contributed by atoms with E-state index in [2.05, 4.69) is 0 Å². The fourth-order valence-corrected chi connectivity index (χ4v) is 1.05. The van der Waals surface area contributed by atoms with Gasteiger partial charge in [0.1, 0.15) is 5.82 Å². The monoisotopic (exact) mass is 169 g/mol. The molecule has 1 aromatic rings. The number of halogens is 1. The Labute approximate surface area is 71.1 Å². The van der Waals surface area contributed by atoms with E-state index in [4.69, 9.17) is 10.5 Å². The summed E-state index contributed by atoms with van der Waals surface area (Å²) in [7, 11) is 1.60. The molecule has 12 heavy (non-hydrogen) atoms. The molecule has 0 heterocycles. The van der Waals surface area contributed by atoms with Crippen LogP contribution in [0.4, 0.5) is 10.1 Å². The summed E-state index contributed by atoms with van der Waals surface area (Å²) in [5.74, 6) is -0.368. The summed E-state index contributed by atoms with van der Waals surface area (Å²) in [5.41, 5.74) is 7.35. The number of nitrogens with two attached hydrogens (primary N) is 1. The van der Waals surface area contributed by atoms with E-state index < -0.39 is 0 Å². The van der Waals surface area contributed by atoms with Gasteiger partial charge >= 0.3 is 0 Å². The van der Waals surface area contributed by atoms with Gasteiger partial charge in [0.15, 0.2) is 0 Å². The van der Waals surface area contributed by atoms with Crippen molar-refractivity contribution >= 4 is 5.69 Å². The van der Waals surface area contributed by atoms with Crippen molar-refractivity contribution < 1.29 is 9.13 Å². The fraction of sp³-hybridized carbons (Fsp3) is 0.333. The minimum absolute atomic E-state index is 0.174. The highest BCUT2D eigenvalue weighted by atomic mass is 19.1. The molecule has 0 bridgehead atoms. The standard InChI is InChI=1S/C9H12FNO/c1-6-3-8(10)9(11)4-7(6)5-12-2/h3-4H,5,11H2,1-2H3. The Morgan fingerprint density at radius 2 is 2.17 bits per heavy atom. The van der Waals surface area contributed by atoms with Gasteiger partial charge in [0.25, 0.3) is 0 Å². The fourth-order valence-electron chi connectivity index (χ4n) is 1.05. The molecule has 0 saturated heterocycles. The molecule has 2 nitrogen and oxygen atoms in total. The van der Waals surface area contributed by atoms with Crippen LogP contribution in [0.3, 0.4) is 0 Å². The zero-order valence-corrected chi connectivity index (χ0v) is 7.23. The summed E-state index contributed by atoms with van der Waals surface area (Å²) >= 11 is 0. The van der Waals surface area contributed by atoms with Crippen molar-refractivity contribution in [2.45, 2.75) is 13.5 Å². The number of benzene rings is 1. The first-order chi connectivity index (χ1) is 5.65. The molecule has 1 rings (SSSR count). The number of ether oxygens (including phenoxy) is 1. The van der Waals surface area contributed by atoms with Crippen molar-refractivity contribution in [1.29, 1.82) is 0 Å². The van der Waals surface area contributed by atoms with Gasteiger partial charge in [0, 0.05) is 7.11 Å². The molecular formula is C9H12FNO. The molecule has 0 fully saturated rings. The highest BCUT2D eigenvalue weighted by Gasteiger charge is 2.03. The third kappa shape index (κ3) is 1.74.